The van der Waals surface area contributed by atoms with Crippen molar-refractivity contribution in [2.45, 2.75) is 25.6 Å². The Hall–Kier alpha value is -2.66. The lowest BCUT2D eigenvalue weighted by Gasteiger charge is -2.34. The van der Waals surface area contributed by atoms with Gasteiger partial charge in [-0.15, -0.1) is 0 Å². The molecule has 5 heteroatoms. The minimum absolute atomic E-state index is 0.275. The molecule has 0 spiro atoms. The highest BCUT2D eigenvalue weighted by Crippen LogP contribution is 2.25. The number of carbonyl (C=O) groups excluding carboxylic acids is 1. The summed E-state index contributed by atoms with van der Waals surface area (Å²) in [6.07, 6.45) is 0.662. The van der Waals surface area contributed by atoms with Crippen LogP contribution in [0.15, 0.2) is 48.5 Å². The lowest BCUT2D eigenvalue weighted by Crippen LogP contribution is -2.48. The fourth-order valence-electron chi connectivity index (χ4n) is 3.54. The lowest BCUT2D eigenvalue weighted by molar-refractivity contribution is -0.124. The number of benzene rings is 2. The molecule has 1 aliphatic rings. The Morgan fingerprint density at radius 3 is 2.62 bits per heavy atom. The van der Waals surface area contributed by atoms with Gasteiger partial charge in [-0.25, -0.2) is 4.98 Å². The molecule has 122 valence electrons. The molecule has 2 heterocycles. The van der Waals surface area contributed by atoms with E-state index in [0.717, 1.165) is 16.9 Å². The Morgan fingerprint density at radius 1 is 1.17 bits per heavy atom. The molecule has 1 unspecified atom stereocenters. The molecule has 0 bridgehead atoms. The first kappa shape index (κ1) is 14.9. The number of imidazole rings is 1. The van der Waals surface area contributed by atoms with Gasteiger partial charge in [0, 0.05) is 13.6 Å². The van der Waals surface area contributed by atoms with Gasteiger partial charge >= 0.3 is 0 Å². The number of amides is 1. The number of para-hydroxylation sites is 2. The smallest absolute Gasteiger partial charge is 0.235 e. The third-order valence-electron chi connectivity index (χ3n) is 4.90. The number of rotatable bonds is 3. The van der Waals surface area contributed by atoms with Gasteiger partial charge in [0.15, 0.2) is 0 Å². The second-order valence-corrected chi connectivity index (χ2v) is 6.37. The molecule has 3 aromatic rings. The maximum Gasteiger partial charge on any atom is 0.235 e. The summed E-state index contributed by atoms with van der Waals surface area (Å²) in [5.74, 6) is 0.671. The fourth-order valence-corrected chi connectivity index (χ4v) is 3.54. The third kappa shape index (κ3) is 2.47. The highest BCUT2D eigenvalue weighted by atomic mass is 16.1. The standard InChI is InChI=1S/C19H20N4O/c1-22-16-9-5-4-8-15(16)21-18(22)12-23-11-14-7-3-2-6-13(14)10-17(23)19(20)24/h2-9,17H,10-12H2,1H3,(H2,20,24). The molecule has 24 heavy (non-hydrogen) atoms. The monoisotopic (exact) mass is 320 g/mol. The zero-order valence-electron chi connectivity index (χ0n) is 13.6. The lowest BCUT2D eigenvalue weighted by atomic mass is 9.93. The summed E-state index contributed by atoms with van der Waals surface area (Å²) in [6.45, 7) is 1.32. The van der Waals surface area contributed by atoms with E-state index in [1.807, 2.05) is 37.4 Å². The summed E-state index contributed by atoms with van der Waals surface area (Å²) in [5, 5.41) is 0. The molecular weight excluding hydrogens is 300 g/mol. The van der Waals surface area contributed by atoms with Gasteiger partial charge in [-0.05, 0) is 29.7 Å². The largest absolute Gasteiger partial charge is 0.368 e. The third-order valence-corrected chi connectivity index (χ3v) is 4.90. The molecule has 1 atom stereocenters. The van der Waals surface area contributed by atoms with Crippen molar-refractivity contribution in [2.75, 3.05) is 0 Å². The van der Waals surface area contributed by atoms with Crippen LogP contribution in [0.3, 0.4) is 0 Å². The van der Waals surface area contributed by atoms with Crippen molar-refractivity contribution in [1.29, 1.82) is 0 Å². The SMILES string of the molecule is Cn1c(CN2Cc3ccccc3CC2C(N)=O)nc2ccccc21. The number of carbonyl (C=O) groups is 1. The van der Waals surface area contributed by atoms with Crippen LogP contribution < -0.4 is 5.73 Å². The van der Waals surface area contributed by atoms with E-state index in [1.165, 1.54) is 11.1 Å². The number of hydrogen-bond acceptors (Lipinski definition) is 3. The second kappa shape index (κ2) is 5.76. The minimum Gasteiger partial charge on any atom is -0.368 e. The Morgan fingerprint density at radius 2 is 1.88 bits per heavy atom. The van der Waals surface area contributed by atoms with E-state index < -0.39 is 0 Å². The average Bonchev–Trinajstić information content (AvgIpc) is 2.90. The van der Waals surface area contributed by atoms with Crippen LogP contribution in [0, 0.1) is 0 Å². The van der Waals surface area contributed by atoms with E-state index in [2.05, 4.69) is 27.7 Å². The van der Waals surface area contributed by atoms with Gasteiger partial charge < -0.3 is 10.3 Å². The topological polar surface area (TPSA) is 64.2 Å². The number of hydrogen-bond donors (Lipinski definition) is 1. The summed E-state index contributed by atoms with van der Waals surface area (Å²) >= 11 is 0. The maximum atomic E-state index is 12.0. The van der Waals surface area contributed by atoms with Gasteiger partial charge in [-0.3, -0.25) is 9.69 Å². The van der Waals surface area contributed by atoms with Crippen molar-refractivity contribution in [3.8, 4) is 0 Å². The Labute approximate surface area is 140 Å². The highest BCUT2D eigenvalue weighted by molar-refractivity contribution is 5.80. The number of nitrogens with zero attached hydrogens (tertiary/aromatic N) is 3. The van der Waals surface area contributed by atoms with E-state index in [4.69, 9.17) is 10.7 Å². The molecule has 1 aromatic heterocycles. The first-order valence-corrected chi connectivity index (χ1v) is 8.14. The van der Waals surface area contributed by atoms with Crippen molar-refractivity contribution in [2.24, 2.45) is 12.8 Å². The fraction of sp³-hybridized carbons (Fsp3) is 0.263. The van der Waals surface area contributed by atoms with E-state index >= 15 is 0 Å². The number of aryl methyl sites for hydroxylation is 1. The minimum atomic E-state index is -0.292. The van der Waals surface area contributed by atoms with Crippen LogP contribution in [0.5, 0.6) is 0 Å². The van der Waals surface area contributed by atoms with Gasteiger partial charge in [0.05, 0.1) is 23.6 Å². The zero-order valence-corrected chi connectivity index (χ0v) is 13.6. The van der Waals surface area contributed by atoms with E-state index in [0.29, 0.717) is 19.5 Å². The normalized spacial score (nSPS) is 17.8. The van der Waals surface area contributed by atoms with Gasteiger partial charge in [-0.2, -0.15) is 0 Å². The first-order valence-electron chi connectivity index (χ1n) is 8.14. The predicted octanol–water partition coefficient (Wildman–Crippen LogP) is 1.99. The van der Waals surface area contributed by atoms with Crippen molar-refractivity contribution in [3.63, 3.8) is 0 Å². The van der Waals surface area contributed by atoms with Crippen molar-refractivity contribution in [3.05, 3.63) is 65.5 Å². The first-order chi connectivity index (χ1) is 11.6. The molecule has 2 aromatic carbocycles. The highest BCUT2D eigenvalue weighted by Gasteiger charge is 2.30. The molecule has 1 aliphatic heterocycles. The molecule has 0 saturated heterocycles. The molecule has 0 fully saturated rings. The van der Waals surface area contributed by atoms with Gasteiger partial charge in [0.2, 0.25) is 5.91 Å². The quantitative estimate of drug-likeness (QED) is 0.802. The second-order valence-electron chi connectivity index (χ2n) is 6.37. The number of nitrogens with two attached hydrogens (primary N) is 1. The molecule has 0 aliphatic carbocycles. The summed E-state index contributed by atoms with van der Waals surface area (Å²) in [4.78, 5) is 18.8. The molecule has 4 rings (SSSR count). The molecule has 0 radical (unpaired) electrons. The zero-order chi connectivity index (χ0) is 16.7. The Balaban J connectivity index is 1.69. The average molecular weight is 320 g/mol. The molecule has 0 saturated carbocycles. The molecule has 2 N–H and O–H groups in total. The summed E-state index contributed by atoms with van der Waals surface area (Å²) < 4.78 is 2.09. The summed E-state index contributed by atoms with van der Waals surface area (Å²) in [7, 11) is 2.02. The van der Waals surface area contributed by atoms with Crippen molar-refractivity contribution >= 4 is 16.9 Å². The van der Waals surface area contributed by atoms with Crippen LogP contribution in [0.25, 0.3) is 11.0 Å². The van der Waals surface area contributed by atoms with E-state index in [-0.39, 0.29) is 11.9 Å². The van der Waals surface area contributed by atoms with Crippen LogP contribution in [0.2, 0.25) is 0 Å². The van der Waals surface area contributed by atoms with Gasteiger partial charge in [-0.1, -0.05) is 36.4 Å². The van der Waals surface area contributed by atoms with Gasteiger partial charge in [0.1, 0.15) is 5.82 Å². The molecular formula is C19H20N4O. The van der Waals surface area contributed by atoms with Crippen LogP contribution in [0.4, 0.5) is 0 Å². The van der Waals surface area contributed by atoms with Crippen molar-refractivity contribution in [1.82, 2.24) is 14.5 Å². The van der Waals surface area contributed by atoms with Gasteiger partial charge in [0.25, 0.3) is 0 Å². The Bertz CT molecular complexity index is 915. The summed E-state index contributed by atoms with van der Waals surface area (Å²) in [6, 6.07) is 16.0. The van der Waals surface area contributed by atoms with Crippen LogP contribution in [-0.4, -0.2) is 26.4 Å². The predicted molar refractivity (Wildman–Crippen MR) is 93.1 cm³/mol. The van der Waals surface area contributed by atoms with E-state index in [1.54, 1.807) is 0 Å². The van der Waals surface area contributed by atoms with Crippen molar-refractivity contribution < 1.29 is 4.79 Å². The van der Waals surface area contributed by atoms with Crippen LogP contribution in [0.1, 0.15) is 17.0 Å². The maximum absolute atomic E-state index is 12.0. The number of primary amides is 1. The summed E-state index contributed by atoms with van der Waals surface area (Å²) in [5.41, 5.74) is 10.2. The van der Waals surface area contributed by atoms with E-state index in [9.17, 15) is 4.79 Å². The van der Waals surface area contributed by atoms with Crippen LogP contribution in [-0.2, 0) is 31.4 Å². The Kier molecular flexibility index (Phi) is 3.58. The van der Waals surface area contributed by atoms with Crippen LogP contribution >= 0.6 is 0 Å². The number of aromatic nitrogens is 2. The molecule has 1 amide bonds. The number of fused-ring (bicyclic) bond motifs is 2. The molecule has 5 nitrogen and oxygen atoms in total.